The van der Waals surface area contributed by atoms with Crippen molar-refractivity contribution in [1.82, 2.24) is 14.4 Å². The maximum absolute atomic E-state index is 12.7. The van der Waals surface area contributed by atoms with Crippen LogP contribution < -0.4 is 0 Å². The van der Waals surface area contributed by atoms with Crippen LogP contribution >= 0.6 is 0 Å². The van der Waals surface area contributed by atoms with Crippen LogP contribution in [-0.4, -0.2) is 49.0 Å². The SMILES string of the molecule is Cc1cccc(S(=O)(=O)N2CCN(Cc3cc(C)on3)CC2)c1. The highest BCUT2D eigenvalue weighted by atomic mass is 32.2. The van der Waals surface area contributed by atoms with E-state index in [1.165, 1.54) is 0 Å². The third kappa shape index (κ3) is 3.63. The van der Waals surface area contributed by atoms with Gasteiger partial charge in [0.15, 0.2) is 0 Å². The molecular weight excluding hydrogens is 314 g/mol. The van der Waals surface area contributed by atoms with Crippen molar-refractivity contribution in [2.75, 3.05) is 26.2 Å². The van der Waals surface area contributed by atoms with E-state index >= 15 is 0 Å². The van der Waals surface area contributed by atoms with Crippen LogP contribution in [0.3, 0.4) is 0 Å². The molecule has 6 nitrogen and oxygen atoms in total. The summed E-state index contributed by atoms with van der Waals surface area (Å²) in [5.41, 5.74) is 1.84. The molecular formula is C16H21N3O3S. The van der Waals surface area contributed by atoms with Crippen LogP contribution in [0.5, 0.6) is 0 Å². The Labute approximate surface area is 136 Å². The molecule has 1 aromatic heterocycles. The topological polar surface area (TPSA) is 66.7 Å². The Morgan fingerprint density at radius 2 is 1.87 bits per heavy atom. The number of hydrogen-bond donors (Lipinski definition) is 0. The lowest BCUT2D eigenvalue weighted by atomic mass is 10.2. The van der Waals surface area contributed by atoms with Gasteiger partial charge in [-0.05, 0) is 31.5 Å². The maximum Gasteiger partial charge on any atom is 0.243 e. The number of sulfonamides is 1. The summed E-state index contributed by atoms with van der Waals surface area (Å²) in [5, 5.41) is 3.99. The Kier molecular flexibility index (Phi) is 4.52. The molecule has 1 aliphatic rings. The average Bonchev–Trinajstić information content (AvgIpc) is 2.93. The Morgan fingerprint density at radius 3 is 2.48 bits per heavy atom. The molecule has 0 saturated carbocycles. The van der Waals surface area contributed by atoms with Gasteiger partial charge in [0.2, 0.25) is 10.0 Å². The fourth-order valence-corrected chi connectivity index (χ4v) is 4.30. The van der Waals surface area contributed by atoms with Gasteiger partial charge in [0.05, 0.1) is 10.6 Å². The number of aryl methyl sites for hydroxylation is 2. The van der Waals surface area contributed by atoms with E-state index in [0.717, 1.165) is 17.0 Å². The molecule has 1 aromatic carbocycles. The number of rotatable bonds is 4. The third-order valence-electron chi connectivity index (χ3n) is 4.02. The molecule has 2 heterocycles. The third-order valence-corrected chi connectivity index (χ3v) is 5.92. The summed E-state index contributed by atoms with van der Waals surface area (Å²) in [4.78, 5) is 2.57. The van der Waals surface area contributed by atoms with Crippen LogP contribution in [0.15, 0.2) is 39.8 Å². The first-order valence-electron chi connectivity index (χ1n) is 7.66. The zero-order valence-electron chi connectivity index (χ0n) is 13.4. The summed E-state index contributed by atoms with van der Waals surface area (Å²) in [6, 6.07) is 8.98. The van der Waals surface area contributed by atoms with Crippen LogP contribution in [0.1, 0.15) is 17.0 Å². The van der Waals surface area contributed by atoms with Gasteiger partial charge in [0, 0.05) is 38.8 Å². The zero-order valence-corrected chi connectivity index (χ0v) is 14.2. The van der Waals surface area contributed by atoms with Crippen molar-refractivity contribution in [2.24, 2.45) is 0 Å². The van der Waals surface area contributed by atoms with Crippen molar-refractivity contribution < 1.29 is 12.9 Å². The molecule has 0 amide bonds. The molecule has 1 fully saturated rings. The lowest BCUT2D eigenvalue weighted by Gasteiger charge is -2.33. The Bertz CT molecular complexity index is 777. The average molecular weight is 335 g/mol. The summed E-state index contributed by atoms with van der Waals surface area (Å²) in [5.74, 6) is 0.792. The number of piperazine rings is 1. The molecule has 0 aliphatic carbocycles. The van der Waals surface area contributed by atoms with Crippen molar-refractivity contribution in [1.29, 1.82) is 0 Å². The second kappa shape index (κ2) is 6.43. The summed E-state index contributed by atoms with van der Waals surface area (Å²) in [7, 11) is -3.40. The van der Waals surface area contributed by atoms with Gasteiger partial charge >= 0.3 is 0 Å². The normalized spacial score (nSPS) is 17.5. The van der Waals surface area contributed by atoms with Crippen molar-refractivity contribution >= 4 is 10.0 Å². The molecule has 2 aromatic rings. The van der Waals surface area contributed by atoms with Gasteiger partial charge in [-0.1, -0.05) is 17.3 Å². The maximum atomic E-state index is 12.7. The molecule has 0 unspecified atom stereocenters. The van der Waals surface area contributed by atoms with E-state index in [4.69, 9.17) is 4.52 Å². The van der Waals surface area contributed by atoms with Gasteiger partial charge in [-0.25, -0.2) is 8.42 Å². The van der Waals surface area contributed by atoms with E-state index < -0.39 is 10.0 Å². The highest BCUT2D eigenvalue weighted by molar-refractivity contribution is 7.89. The predicted molar refractivity (Wildman–Crippen MR) is 86.5 cm³/mol. The van der Waals surface area contributed by atoms with Crippen molar-refractivity contribution in [3.63, 3.8) is 0 Å². The van der Waals surface area contributed by atoms with Gasteiger partial charge in [0.1, 0.15) is 5.76 Å². The van der Waals surface area contributed by atoms with Crippen LogP contribution in [0.4, 0.5) is 0 Å². The Balaban J connectivity index is 1.64. The van der Waals surface area contributed by atoms with Gasteiger partial charge in [-0.15, -0.1) is 0 Å². The number of hydrogen-bond acceptors (Lipinski definition) is 5. The van der Waals surface area contributed by atoms with Crippen LogP contribution in [0, 0.1) is 13.8 Å². The second-order valence-corrected chi connectivity index (χ2v) is 7.86. The van der Waals surface area contributed by atoms with Crippen molar-refractivity contribution in [3.8, 4) is 0 Å². The minimum absolute atomic E-state index is 0.373. The molecule has 0 N–H and O–H groups in total. The van der Waals surface area contributed by atoms with Gasteiger partial charge < -0.3 is 4.52 Å². The molecule has 23 heavy (non-hydrogen) atoms. The fourth-order valence-electron chi connectivity index (χ4n) is 2.77. The lowest BCUT2D eigenvalue weighted by Crippen LogP contribution is -2.48. The first kappa shape index (κ1) is 16.2. The quantitative estimate of drug-likeness (QED) is 0.852. The summed E-state index contributed by atoms with van der Waals surface area (Å²) in [6.07, 6.45) is 0. The number of aromatic nitrogens is 1. The van der Waals surface area contributed by atoms with E-state index in [0.29, 0.717) is 37.6 Å². The zero-order chi connectivity index (χ0) is 16.4. The first-order valence-corrected chi connectivity index (χ1v) is 9.10. The molecule has 0 atom stereocenters. The van der Waals surface area contributed by atoms with E-state index in [2.05, 4.69) is 10.1 Å². The summed E-state index contributed by atoms with van der Waals surface area (Å²) >= 11 is 0. The molecule has 3 rings (SSSR count). The van der Waals surface area contributed by atoms with Crippen LogP contribution in [0.2, 0.25) is 0 Å². The van der Waals surface area contributed by atoms with E-state index in [-0.39, 0.29) is 0 Å². The molecule has 0 radical (unpaired) electrons. The molecule has 124 valence electrons. The van der Waals surface area contributed by atoms with Gasteiger partial charge in [-0.3, -0.25) is 4.90 Å². The fraction of sp³-hybridized carbons (Fsp3) is 0.438. The van der Waals surface area contributed by atoms with Crippen LogP contribution in [-0.2, 0) is 16.6 Å². The Hall–Kier alpha value is -1.70. The minimum Gasteiger partial charge on any atom is -0.361 e. The molecule has 1 saturated heterocycles. The van der Waals surface area contributed by atoms with E-state index in [1.54, 1.807) is 22.5 Å². The number of benzene rings is 1. The standard InChI is InChI=1S/C16H21N3O3S/c1-13-4-3-5-16(10-13)23(20,21)19-8-6-18(7-9-19)12-15-11-14(2)22-17-15/h3-5,10-11H,6-9,12H2,1-2H3. The molecule has 0 bridgehead atoms. The molecule has 1 aliphatic heterocycles. The number of nitrogens with zero attached hydrogens (tertiary/aromatic N) is 3. The monoisotopic (exact) mass is 335 g/mol. The smallest absolute Gasteiger partial charge is 0.243 e. The molecule has 7 heteroatoms. The van der Waals surface area contributed by atoms with Gasteiger partial charge in [0.25, 0.3) is 0 Å². The highest BCUT2D eigenvalue weighted by Crippen LogP contribution is 2.19. The first-order chi connectivity index (χ1) is 10.9. The van der Waals surface area contributed by atoms with Gasteiger partial charge in [-0.2, -0.15) is 4.31 Å². The Morgan fingerprint density at radius 1 is 1.13 bits per heavy atom. The second-order valence-electron chi connectivity index (χ2n) is 5.93. The predicted octanol–water partition coefficient (Wildman–Crippen LogP) is 1.80. The highest BCUT2D eigenvalue weighted by Gasteiger charge is 2.28. The van der Waals surface area contributed by atoms with Crippen molar-refractivity contribution in [3.05, 3.63) is 47.3 Å². The lowest BCUT2D eigenvalue weighted by molar-refractivity contribution is 0.177. The molecule has 0 spiro atoms. The van der Waals surface area contributed by atoms with Crippen molar-refractivity contribution in [2.45, 2.75) is 25.3 Å². The largest absolute Gasteiger partial charge is 0.361 e. The van der Waals surface area contributed by atoms with Crippen LogP contribution in [0.25, 0.3) is 0 Å². The van der Waals surface area contributed by atoms with E-state index in [9.17, 15) is 8.42 Å². The summed E-state index contributed by atoms with van der Waals surface area (Å²) in [6.45, 7) is 6.82. The minimum atomic E-state index is -3.40. The van der Waals surface area contributed by atoms with E-state index in [1.807, 2.05) is 26.0 Å². The summed E-state index contributed by atoms with van der Waals surface area (Å²) < 4.78 is 32.0.